The van der Waals surface area contributed by atoms with Crippen LogP contribution in [0.4, 0.5) is 10.2 Å². The Bertz CT molecular complexity index is 995. The number of anilines is 1. The molecule has 0 aliphatic heterocycles. The van der Waals surface area contributed by atoms with Gasteiger partial charge in [0.1, 0.15) is 17.2 Å². The molecule has 4 rings (SSSR count). The second-order valence-electron chi connectivity index (χ2n) is 5.13. The molecule has 0 aliphatic rings. The van der Waals surface area contributed by atoms with Gasteiger partial charge >= 0.3 is 0 Å². The molecule has 5 nitrogen and oxygen atoms in total. The summed E-state index contributed by atoms with van der Waals surface area (Å²) >= 11 is 0. The van der Waals surface area contributed by atoms with E-state index in [4.69, 9.17) is 5.73 Å². The predicted molar refractivity (Wildman–Crippen MR) is 86.9 cm³/mol. The van der Waals surface area contributed by atoms with Crippen LogP contribution in [0.3, 0.4) is 0 Å². The number of pyridine rings is 2. The third-order valence-electron chi connectivity index (χ3n) is 3.67. The summed E-state index contributed by atoms with van der Waals surface area (Å²) in [6.07, 6.45) is 5.01. The highest BCUT2D eigenvalue weighted by Crippen LogP contribution is 2.30. The van der Waals surface area contributed by atoms with Crippen LogP contribution < -0.4 is 5.73 Å². The second-order valence-corrected chi connectivity index (χ2v) is 5.13. The third-order valence-corrected chi connectivity index (χ3v) is 3.67. The second kappa shape index (κ2) is 5.17. The minimum absolute atomic E-state index is 0.304. The lowest BCUT2D eigenvalue weighted by Gasteiger charge is -2.08. The zero-order chi connectivity index (χ0) is 15.8. The lowest BCUT2D eigenvalue weighted by molar-refractivity contribution is 0.628. The van der Waals surface area contributed by atoms with Gasteiger partial charge in [0, 0.05) is 22.7 Å². The molecule has 0 saturated carbocycles. The van der Waals surface area contributed by atoms with Gasteiger partial charge in [0.25, 0.3) is 0 Å². The Balaban J connectivity index is 1.94. The Morgan fingerprint density at radius 1 is 1.09 bits per heavy atom. The number of imidazole rings is 1. The van der Waals surface area contributed by atoms with Crippen molar-refractivity contribution >= 4 is 16.7 Å². The molecule has 0 saturated heterocycles. The number of nitrogens with zero attached hydrogens (tertiary/aromatic N) is 3. The molecule has 23 heavy (non-hydrogen) atoms. The first kappa shape index (κ1) is 13.4. The van der Waals surface area contributed by atoms with E-state index in [1.807, 2.05) is 12.1 Å². The Kier molecular flexibility index (Phi) is 3.01. The topological polar surface area (TPSA) is 80.5 Å². The van der Waals surface area contributed by atoms with Crippen molar-refractivity contribution in [2.75, 3.05) is 5.73 Å². The van der Waals surface area contributed by atoms with Crippen molar-refractivity contribution in [1.29, 1.82) is 0 Å². The molecule has 0 amide bonds. The highest BCUT2D eigenvalue weighted by Gasteiger charge is 2.11. The van der Waals surface area contributed by atoms with Gasteiger partial charge in [0.05, 0.1) is 23.9 Å². The van der Waals surface area contributed by atoms with E-state index in [2.05, 4.69) is 19.9 Å². The molecule has 3 aromatic heterocycles. The van der Waals surface area contributed by atoms with Crippen LogP contribution in [0.25, 0.3) is 33.4 Å². The summed E-state index contributed by atoms with van der Waals surface area (Å²) in [5.41, 5.74) is 9.60. The van der Waals surface area contributed by atoms with E-state index in [0.717, 1.165) is 16.6 Å². The first-order valence-corrected chi connectivity index (χ1v) is 7.02. The van der Waals surface area contributed by atoms with Gasteiger partial charge in [0.2, 0.25) is 0 Å². The number of hydrogen-bond donors (Lipinski definition) is 2. The van der Waals surface area contributed by atoms with Gasteiger partial charge in [-0.2, -0.15) is 0 Å². The molecule has 4 aromatic rings. The monoisotopic (exact) mass is 305 g/mol. The molecule has 3 N–H and O–H groups in total. The van der Waals surface area contributed by atoms with Crippen LogP contribution in [-0.4, -0.2) is 19.9 Å². The number of hydrogen-bond acceptors (Lipinski definition) is 4. The quantitative estimate of drug-likeness (QED) is 0.594. The Labute approximate surface area is 131 Å². The maximum absolute atomic E-state index is 13.4. The Morgan fingerprint density at radius 3 is 2.78 bits per heavy atom. The maximum atomic E-state index is 13.4. The zero-order valence-electron chi connectivity index (χ0n) is 12.0. The number of nitrogens with two attached hydrogens (primary N) is 1. The minimum Gasteiger partial charge on any atom is -0.382 e. The molecule has 0 radical (unpaired) electrons. The molecule has 0 atom stereocenters. The van der Waals surface area contributed by atoms with E-state index in [9.17, 15) is 4.39 Å². The van der Waals surface area contributed by atoms with Gasteiger partial charge in [-0.25, -0.2) is 19.3 Å². The summed E-state index contributed by atoms with van der Waals surface area (Å²) in [5, 5.41) is 0.863. The van der Waals surface area contributed by atoms with E-state index in [1.54, 1.807) is 30.9 Å². The molecule has 0 bridgehead atoms. The molecule has 112 valence electrons. The van der Waals surface area contributed by atoms with Crippen molar-refractivity contribution in [3.05, 3.63) is 60.9 Å². The van der Waals surface area contributed by atoms with Gasteiger partial charge in [-0.15, -0.1) is 0 Å². The number of H-pyrrole nitrogens is 1. The summed E-state index contributed by atoms with van der Waals surface area (Å²) in [7, 11) is 0. The number of nitrogens with one attached hydrogen (secondary N) is 1. The van der Waals surface area contributed by atoms with Crippen molar-refractivity contribution in [2.45, 2.75) is 0 Å². The molecular formula is C17H12FN5. The van der Waals surface area contributed by atoms with Gasteiger partial charge in [-0.05, 0) is 24.3 Å². The van der Waals surface area contributed by atoms with Gasteiger partial charge in [0.15, 0.2) is 0 Å². The lowest BCUT2D eigenvalue weighted by atomic mass is 10.1. The van der Waals surface area contributed by atoms with Crippen LogP contribution in [0.5, 0.6) is 0 Å². The molecule has 0 unspecified atom stereocenters. The van der Waals surface area contributed by atoms with Crippen molar-refractivity contribution < 1.29 is 4.39 Å². The maximum Gasteiger partial charge on any atom is 0.149 e. The first-order chi connectivity index (χ1) is 11.2. The SMILES string of the molecule is Nc1ncc(-c2cnc[nH]2)c2ccc(-c3cccc(F)c3)nc12. The van der Waals surface area contributed by atoms with E-state index >= 15 is 0 Å². The van der Waals surface area contributed by atoms with Crippen LogP contribution in [-0.2, 0) is 0 Å². The number of aromatic nitrogens is 4. The normalized spacial score (nSPS) is 11.0. The lowest BCUT2D eigenvalue weighted by Crippen LogP contribution is -1.97. The first-order valence-electron chi connectivity index (χ1n) is 7.02. The van der Waals surface area contributed by atoms with E-state index < -0.39 is 0 Å². The van der Waals surface area contributed by atoms with Crippen molar-refractivity contribution in [3.8, 4) is 22.5 Å². The Hall–Kier alpha value is -3.28. The highest BCUT2D eigenvalue weighted by atomic mass is 19.1. The number of nitrogen functional groups attached to an aromatic ring is 1. The molecular weight excluding hydrogens is 293 g/mol. The van der Waals surface area contributed by atoms with Crippen LogP contribution in [0.2, 0.25) is 0 Å². The number of rotatable bonds is 2. The standard InChI is InChI=1S/C17H12FN5/c18-11-3-1-2-10(6-11)14-5-4-12-13(15-8-20-9-22-15)7-21-17(19)16(12)23-14/h1-9H,(H2,19,21)(H,20,22). The van der Waals surface area contributed by atoms with Gasteiger partial charge in [-0.3, -0.25) is 0 Å². The van der Waals surface area contributed by atoms with E-state index in [1.165, 1.54) is 12.1 Å². The van der Waals surface area contributed by atoms with Gasteiger partial charge in [-0.1, -0.05) is 12.1 Å². The fourth-order valence-electron chi connectivity index (χ4n) is 2.56. The smallest absolute Gasteiger partial charge is 0.149 e. The van der Waals surface area contributed by atoms with Crippen LogP contribution >= 0.6 is 0 Å². The molecule has 6 heteroatoms. The molecule has 1 aromatic carbocycles. The van der Waals surface area contributed by atoms with Gasteiger partial charge < -0.3 is 10.7 Å². The number of fused-ring (bicyclic) bond motifs is 1. The van der Waals surface area contributed by atoms with Crippen LogP contribution in [0.15, 0.2) is 55.1 Å². The molecule has 3 heterocycles. The summed E-state index contributed by atoms with van der Waals surface area (Å²) < 4.78 is 13.4. The summed E-state index contributed by atoms with van der Waals surface area (Å²) in [5.74, 6) is 0.0308. The third kappa shape index (κ3) is 2.30. The fourth-order valence-corrected chi connectivity index (χ4v) is 2.56. The largest absolute Gasteiger partial charge is 0.382 e. The van der Waals surface area contributed by atoms with E-state index in [0.29, 0.717) is 22.6 Å². The number of benzene rings is 1. The highest BCUT2D eigenvalue weighted by molar-refractivity contribution is 5.99. The van der Waals surface area contributed by atoms with Crippen molar-refractivity contribution in [3.63, 3.8) is 0 Å². The molecule has 0 aliphatic carbocycles. The van der Waals surface area contributed by atoms with Crippen molar-refractivity contribution in [1.82, 2.24) is 19.9 Å². The predicted octanol–water partition coefficient (Wildman–Crippen LogP) is 3.41. The summed E-state index contributed by atoms with van der Waals surface area (Å²) in [6.45, 7) is 0. The minimum atomic E-state index is -0.304. The van der Waals surface area contributed by atoms with Crippen LogP contribution in [0.1, 0.15) is 0 Å². The molecule has 0 spiro atoms. The number of halogens is 1. The summed E-state index contributed by atoms with van der Waals surface area (Å²) in [6, 6.07) is 10.1. The fraction of sp³-hybridized carbons (Fsp3) is 0. The van der Waals surface area contributed by atoms with Crippen molar-refractivity contribution in [2.24, 2.45) is 0 Å². The average Bonchev–Trinajstić information content (AvgIpc) is 3.09. The summed E-state index contributed by atoms with van der Waals surface area (Å²) in [4.78, 5) is 15.9. The molecule has 0 fully saturated rings. The van der Waals surface area contributed by atoms with E-state index in [-0.39, 0.29) is 5.82 Å². The zero-order valence-corrected chi connectivity index (χ0v) is 12.0. The Morgan fingerprint density at radius 2 is 2.00 bits per heavy atom. The average molecular weight is 305 g/mol. The number of aromatic amines is 1. The van der Waals surface area contributed by atoms with Crippen LogP contribution in [0, 0.1) is 5.82 Å².